The maximum atomic E-state index is 12.5. The SMILES string of the molecule is C=CCOc1ccc(C(=O)N/N=C/c2ccccc2OCc2ccc(Cl)cc2Cl)cc1OC. The Balaban J connectivity index is 1.65. The van der Waals surface area contributed by atoms with Crippen LogP contribution in [0.25, 0.3) is 0 Å². The number of methoxy groups -OCH3 is 1. The number of para-hydroxylation sites is 1. The lowest BCUT2D eigenvalue weighted by Crippen LogP contribution is -2.17. The fourth-order valence-electron chi connectivity index (χ4n) is 2.81. The zero-order chi connectivity index (χ0) is 23.6. The number of hydrogen-bond acceptors (Lipinski definition) is 5. The van der Waals surface area contributed by atoms with E-state index in [0.717, 1.165) is 5.56 Å². The molecule has 0 saturated heterocycles. The number of hydrogen-bond donors (Lipinski definition) is 1. The largest absolute Gasteiger partial charge is 0.493 e. The van der Waals surface area contributed by atoms with Crippen LogP contribution in [-0.4, -0.2) is 25.8 Å². The van der Waals surface area contributed by atoms with Gasteiger partial charge in [0.15, 0.2) is 11.5 Å². The number of nitrogens with one attached hydrogen (secondary N) is 1. The van der Waals surface area contributed by atoms with Crippen molar-refractivity contribution in [2.24, 2.45) is 5.10 Å². The predicted molar refractivity (Wildman–Crippen MR) is 131 cm³/mol. The molecule has 0 spiro atoms. The molecule has 0 aliphatic carbocycles. The normalized spacial score (nSPS) is 10.6. The smallest absolute Gasteiger partial charge is 0.271 e. The molecule has 1 N–H and O–H groups in total. The maximum Gasteiger partial charge on any atom is 0.271 e. The van der Waals surface area contributed by atoms with Gasteiger partial charge >= 0.3 is 0 Å². The Bertz CT molecular complexity index is 1160. The van der Waals surface area contributed by atoms with Crippen molar-refractivity contribution in [1.29, 1.82) is 0 Å². The van der Waals surface area contributed by atoms with Crippen molar-refractivity contribution in [2.75, 3.05) is 13.7 Å². The second-order valence-corrected chi connectivity index (χ2v) is 7.57. The molecule has 33 heavy (non-hydrogen) atoms. The molecule has 0 aromatic heterocycles. The molecule has 0 radical (unpaired) electrons. The van der Waals surface area contributed by atoms with Gasteiger partial charge in [0.1, 0.15) is 19.0 Å². The molecule has 0 fully saturated rings. The molecule has 0 unspecified atom stereocenters. The first-order valence-corrected chi connectivity index (χ1v) is 10.7. The van der Waals surface area contributed by atoms with Crippen LogP contribution in [0.4, 0.5) is 0 Å². The Hall–Kier alpha value is -3.48. The molecule has 0 aliphatic heterocycles. The minimum absolute atomic E-state index is 0.257. The molecule has 0 bridgehead atoms. The molecule has 3 rings (SSSR count). The summed E-state index contributed by atoms with van der Waals surface area (Å²) < 4.78 is 16.7. The highest BCUT2D eigenvalue weighted by Crippen LogP contribution is 2.28. The highest BCUT2D eigenvalue weighted by molar-refractivity contribution is 6.35. The Kier molecular flexibility index (Phi) is 8.75. The van der Waals surface area contributed by atoms with Crippen LogP contribution in [0.5, 0.6) is 17.2 Å². The summed E-state index contributed by atoms with van der Waals surface area (Å²) in [6.45, 7) is 4.20. The van der Waals surface area contributed by atoms with Crippen molar-refractivity contribution in [2.45, 2.75) is 6.61 Å². The summed E-state index contributed by atoms with van der Waals surface area (Å²) in [4.78, 5) is 12.5. The average Bonchev–Trinajstić information content (AvgIpc) is 2.82. The maximum absolute atomic E-state index is 12.5. The van der Waals surface area contributed by atoms with Crippen LogP contribution in [0, 0.1) is 0 Å². The highest BCUT2D eigenvalue weighted by atomic mass is 35.5. The number of hydrazone groups is 1. The summed E-state index contributed by atoms with van der Waals surface area (Å²) in [5.41, 5.74) is 4.37. The summed E-state index contributed by atoms with van der Waals surface area (Å²) in [5.74, 6) is 1.15. The summed E-state index contributed by atoms with van der Waals surface area (Å²) in [7, 11) is 1.50. The van der Waals surface area contributed by atoms with E-state index in [1.807, 2.05) is 24.3 Å². The van der Waals surface area contributed by atoms with Crippen molar-refractivity contribution in [3.8, 4) is 17.2 Å². The van der Waals surface area contributed by atoms with Gasteiger partial charge in [-0.25, -0.2) is 5.43 Å². The van der Waals surface area contributed by atoms with Gasteiger partial charge in [-0.15, -0.1) is 0 Å². The molecule has 0 saturated carbocycles. The van der Waals surface area contributed by atoms with Crippen LogP contribution in [0.3, 0.4) is 0 Å². The molecule has 1 amide bonds. The first kappa shape index (κ1) is 24.2. The zero-order valence-corrected chi connectivity index (χ0v) is 19.4. The lowest BCUT2D eigenvalue weighted by Gasteiger charge is -2.11. The molecule has 170 valence electrons. The highest BCUT2D eigenvalue weighted by Gasteiger charge is 2.11. The van der Waals surface area contributed by atoms with Gasteiger partial charge < -0.3 is 14.2 Å². The summed E-state index contributed by atoms with van der Waals surface area (Å²) in [6, 6.07) is 17.4. The van der Waals surface area contributed by atoms with E-state index in [9.17, 15) is 4.79 Å². The van der Waals surface area contributed by atoms with Crippen molar-refractivity contribution >= 4 is 35.3 Å². The third-order valence-corrected chi connectivity index (χ3v) is 5.06. The predicted octanol–water partition coefficient (Wildman–Crippen LogP) is 5.91. The first-order valence-electron chi connectivity index (χ1n) is 9.92. The minimum Gasteiger partial charge on any atom is -0.493 e. The molecule has 6 nitrogen and oxygen atoms in total. The zero-order valence-electron chi connectivity index (χ0n) is 17.9. The van der Waals surface area contributed by atoms with Crippen LogP contribution in [-0.2, 0) is 6.61 Å². The summed E-state index contributed by atoms with van der Waals surface area (Å²) in [6.07, 6.45) is 3.13. The number of amides is 1. The Labute approximate surface area is 202 Å². The second kappa shape index (κ2) is 11.9. The molecule has 8 heteroatoms. The average molecular weight is 485 g/mol. The van der Waals surface area contributed by atoms with Crippen LogP contribution < -0.4 is 19.6 Å². The van der Waals surface area contributed by atoms with Crippen LogP contribution in [0.2, 0.25) is 10.0 Å². The van der Waals surface area contributed by atoms with Gasteiger partial charge in [-0.2, -0.15) is 5.10 Å². The topological polar surface area (TPSA) is 69.2 Å². The van der Waals surface area contributed by atoms with Gasteiger partial charge in [0, 0.05) is 26.7 Å². The van der Waals surface area contributed by atoms with Gasteiger partial charge in [0.2, 0.25) is 0 Å². The van der Waals surface area contributed by atoms with E-state index >= 15 is 0 Å². The van der Waals surface area contributed by atoms with Gasteiger partial charge in [0.05, 0.1) is 13.3 Å². The van der Waals surface area contributed by atoms with Crippen LogP contribution >= 0.6 is 23.2 Å². The van der Waals surface area contributed by atoms with E-state index in [-0.39, 0.29) is 6.61 Å². The molecular weight excluding hydrogens is 463 g/mol. The van der Waals surface area contributed by atoms with Crippen molar-refractivity contribution in [3.63, 3.8) is 0 Å². The number of halogens is 2. The molecule has 0 heterocycles. The number of ether oxygens (including phenoxy) is 3. The Morgan fingerprint density at radius 1 is 1.03 bits per heavy atom. The lowest BCUT2D eigenvalue weighted by molar-refractivity contribution is 0.0954. The third-order valence-electron chi connectivity index (χ3n) is 4.47. The summed E-state index contributed by atoms with van der Waals surface area (Å²) in [5, 5.41) is 5.14. The molecule has 0 atom stereocenters. The number of carbonyl (C=O) groups is 1. The second-order valence-electron chi connectivity index (χ2n) is 6.73. The molecule has 3 aromatic carbocycles. The van der Waals surface area contributed by atoms with Crippen LogP contribution in [0.1, 0.15) is 21.5 Å². The number of carbonyl (C=O) groups excluding carboxylic acids is 1. The Morgan fingerprint density at radius 3 is 2.61 bits per heavy atom. The molecule has 0 aliphatic rings. The van der Waals surface area contributed by atoms with Crippen molar-refractivity contribution in [1.82, 2.24) is 5.43 Å². The number of benzene rings is 3. The van der Waals surface area contributed by atoms with E-state index in [1.165, 1.54) is 13.3 Å². The van der Waals surface area contributed by atoms with E-state index in [0.29, 0.717) is 45.0 Å². The number of nitrogens with zero attached hydrogens (tertiary/aromatic N) is 1. The van der Waals surface area contributed by atoms with E-state index in [1.54, 1.807) is 42.5 Å². The first-order chi connectivity index (χ1) is 16.0. The fraction of sp³-hybridized carbons (Fsp3) is 0.120. The van der Waals surface area contributed by atoms with E-state index in [4.69, 9.17) is 37.4 Å². The van der Waals surface area contributed by atoms with E-state index in [2.05, 4.69) is 17.1 Å². The quantitative estimate of drug-likeness (QED) is 0.220. The van der Waals surface area contributed by atoms with Crippen molar-refractivity contribution in [3.05, 3.63) is 100 Å². The van der Waals surface area contributed by atoms with Gasteiger partial charge in [-0.1, -0.05) is 54.1 Å². The van der Waals surface area contributed by atoms with Gasteiger partial charge in [0.25, 0.3) is 5.91 Å². The minimum atomic E-state index is -0.397. The lowest BCUT2D eigenvalue weighted by atomic mass is 10.2. The Morgan fingerprint density at radius 2 is 1.85 bits per heavy atom. The molecule has 3 aromatic rings. The standard InChI is InChI=1S/C25H22Cl2N2O4/c1-3-12-32-23-11-9-17(13-24(23)31-2)25(30)29-28-15-18-6-4-5-7-22(18)33-16-19-8-10-20(26)14-21(19)27/h3-11,13-15H,1,12,16H2,2H3,(H,29,30)/b28-15+. The van der Waals surface area contributed by atoms with Gasteiger partial charge in [-0.05, 0) is 42.5 Å². The number of rotatable bonds is 10. The summed E-state index contributed by atoms with van der Waals surface area (Å²) >= 11 is 12.1. The van der Waals surface area contributed by atoms with Gasteiger partial charge in [-0.3, -0.25) is 4.79 Å². The van der Waals surface area contributed by atoms with Crippen molar-refractivity contribution < 1.29 is 19.0 Å². The van der Waals surface area contributed by atoms with Crippen LogP contribution in [0.15, 0.2) is 78.4 Å². The fourth-order valence-corrected chi connectivity index (χ4v) is 3.28. The third kappa shape index (κ3) is 6.75. The molecular formula is C25H22Cl2N2O4. The monoisotopic (exact) mass is 484 g/mol. The van der Waals surface area contributed by atoms with E-state index < -0.39 is 5.91 Å².